The predicted molar refractivity (Wildman–Crippen MR) is 223 cm³/mol. The average Bonchev–Trinajstić information content (AvgIpc) is 3.34. The average molecular weight is 799 g/mol. The minimum absolute atomic E-state index is 0.101. The molecule has 1 N–H and O–H groups in total. The Hall–Kier alpha value is -2.12. The van der Waals surface area contributed by atoms with Crippen molar-refractivity contribution < 1.29 is 18.5 Å². The lowest BCUT2D eigenvalue weighted by Gasteiger charge is -2.53. The van der Waals surface area contributed by atoms with Crippen molar-refractivity contribution in [3.8, 4) is 5.75 Å². The molecule has 7 rings (SSSR count). The Morgan fingerprint density at radius 1 is 1.06 bits per heavy atom. The molecule has 2 bridgehead atoms. The van der Waals surface area contributed by atoms with Crippen LogP contribution in [0.5, 0.6) is 5.75 Å². The third kappa shape index (κ3) is 8.58. The van der Waals surface area contributed by atoms with E-state index < -0.39 is 16.6 Å². The Morgan fingerprint density at radius 3 is 2.65 bits per heavy atom. The van der Waals surface area contributed by atoms with E-state index in [1.807, 2.05) is 44.2 Å². The van der Waals surface area contributed by atoms with Crippen molar-refractivity contribution in [1.29, 1.82) is 0 Å². The van der Waals surface area contributed by atoms with E-state index in [1.54, 1.807) is 6.07 Å². The first-order valence-corrected chi connectivity index (χ1v) is 22.9. The monoisotopic (exact) mass is 797 g/mol. The number of anilines is 1. The summed E-state index contributed by atoms with van der Waals surface area (Å²) >= 11 is 8.39. The zero-order valence-electron chi connectivity index (χ0n) is 32.8. The molecule has 0 radical (unpaired) electrons. The maximum Gasteiger partial charge on any atom is 0.263 e. The van der Waals surface area contributed by atoms with E-state index in [9.17, 15) is 9.00 Å². The van der Waals surface area contributed by atoms with E-state index >= 15 is 0 Å². The molecule has 12 heteroatoms. The van der Waals surface area contributed by atoms with Crippen LogP contribution < -0.4 is 14.4 Å². The molecule has 4 heterocycles. The van der Waals surface area contributed by atoms with Crippen molar-refractivity contribution in [3.05, 3.63) is 70.3 Å². The van der Waals surface area contributed by atoms with Gasteiger partial charge >= 0.3 is 0 Å². The minimum atomic E-state index is -1.54. The van der Waals surface area contributed by atoms with Crippen molar-refractivity contribution in [1.82, 2.24) is 18.8 Å². The standard InChI is InChI=1S/C42H60ClN5O4S2/c1-6-8-31-21-35(43)12-13-37(31)34-24-47-23-33-10-14-38(33)42(51-4,28-45-17-18-46-19-20-48(53-5)26-36(46)25-45)16-7-9-29(2)30(3)54(50)44-41(49)32-11-15-40(52-27-34)39(47)22-32/h7,11-13,15-16,21-22,29-30,33-34,36,38H,6,8-10,14,17-20,23-28H2,1-5H3,(H,44,49)/b16-7+. The van der Waals surface area contributed by atoms with Crippen LogP contribution in [-0.4, -0.2) is 120 Å². The van der Waals surface area contributed by atoms with Crippen molar-refractivity contribution in [2.75, 3.05) is 83.8 Å². The summed E-state index contributed by atoms with van der Waals surface area (Å²) in [6.45, 7) is 15.8. The first kappa shape index (κ1) is 40.1. The summed E-state index contributed by atoms with van der Waals surface area (Å²) < 4.78 is 32.3. The van der Waals surface area contributed by atoms with Gasteiger partial charge in [-0.25, -0.2) is 8.51 Å². The van der Waals surface area contributed by atoms with Gasteiger partial charge in [-0.15, -0.1) is 0 Å². The SMILES string of the molecule is CCCc1cc(Cl)ccc1C1COc2ccc3cc2N(C1)CC1CCC1C(CN1CCN2CCN(SC)CC2C1)(OC)/C=C/CC(C)C(C)S(=O)NC3=O. The highest BCUT2D eigenvalue weighted by Crippen LogP contribution is 2.47. The molecule has 1 aliphatic carbocycles. The fourth-order valence-electron chi connectivity index (χ4n) is 9.52. The van der Waals surface area contributed by atoms with Gasteiger partial charge in [0.25, 0.3) is 5.91 Å². The summed E-state index contributed by atoms with van der Waals surface area (Å²) in [7, 11) is 0.366. The number of hydrogen-bond donors (Lipinski definition) is 1. The van der Waals surface area contributed by atoms with E-state index in [2.05, 4.69) is 68.1 Å². The number of methoxy groups -OCH3 is 1. The largest absolute Gasteiger partial charge is 0.491 e. The van der Waals surface area contributed by atoms with E-state index in [1.165, 1.54) is 11.1 Å². The highest BCUT2D eigenvalue weighted by Gasteiger charge is 2.49. The summed E-state index contributed by atoms with van der Waals surface area (Å²) in [5.74, 6) is 1.39. The summed E-state index contributed by atoms with van der Waals surface area (Å²) in [6.07, 6.45) is 11.8. The van der Waals surface area contributed by atoms with Gasteiger partial charge in [0, 0.05) is 88.6 Å². The lowest BCUT2D eigenvalue weighted by molar-refractivity contribution is -0.100. The van der Waals surface area contributed by atoms with Crippen LogP contribution in [-0.2, 0) is 22.1 Å². The van der Waals surface area contributed by atoms with Gasteiger partial charge in [0.1, 0.15) is 22.3 Å². The number of allylic oxidation sites excluding steroid dienone is 1. The molecule has 0 aromatic heterocycles. The molecule has 3 fully saturated rings. The summed E-state index contributed by atoms with van der Waals surface area (Å²) in [5.41, 5.74) is 3.51. The molecule has 8 unspecified atom stereocenters. The minimum Gasteiger partial charge on any atom is -0.491 e. The molecule has 0 spiro atoms. The van der Waals surface area contributed by atoms with Crippen LogP contribution in [0.15, 0.2) is 48.6 Å². The number of piperazine rings is 2. The first-order valence-electron chi connectivity index (χ1n) is 20.1. The van der Waals surface area contributed by atoms with Crippen LogP contribution in [0.1, 0.15) is 73.9 Å². The van der Waals surface area contributed by atoms with Gasteiger partial charge in [0.15, 0.2) is 0 Å². The summed E-state index contributed by atoms with van der Waals surface area (Å²) in [5, 5.41) is 0.534. The number of fused-ring (bicyclic) bond motifs is 3. The normalized spacial score (nSPS) is 33.4. The highest BCUT2D eigenvalue weighted by atomic mass is 35.5. The van der Waals surface area contributed by atoms with E-state index in [0.717, 1.165) is 107 Å². The van der Waals surface area contributed by atoms with Crippen molar-refractivity contribution in [2.24, 2.45) is 17.8 Å². The molecule has 296 valence electrons. The Balaban J connectivity index is 1.24. The molecule has 2 aromatic rings. The fourth-order valence-corrected chi connectivity index (χ4v) is 11.3. The van der Waals surface area contributed by atoms with Gasteiger partial charge in [0.05, 0.1) is 17.5 Å². The molecule has 1 amide bonds. The maximum absolute atomic E-state index is 13.6. The number of carbonyl (C=O) groups is 1. The third-order valence-electron chi connectivity index (χ3n) is 13.1. The number of rotatable bonds is 7. The lowest BCUT2D eigenvalue weighted by atomic mass is 9.63. The summed E-state index contributed by atoms with van der Waals surface area (Å²) in [4.78, 5) is 21.4. The molecule has 2 saturated heterocycles. The number of carbonyl (C=O) groups excluding carboxylic acids is 1. The number of ether oxygens (including phenoxy) is 2. The number of amides is 1. The second-order valence-corrected chi connectivity index (χ2v) is 19.2. The maximum atomic E-state index is 13.6. The van der Waals surface area contributed by atoms with Crippen molar-refractivity contribution in [2.45, 2.75) is 75.7 Å². The van der Waals surface area contributed by atoms with Crippen LogP contribution in [0.2, 0.25) is 5.02 Å². The quantitative estimate of drug-likeness (QED) is 0.245. The predicted octanol–water partition coefficient (Wildman–Crippen LogP) is 6.64. The smallest absolute Gasteiger partial charge is 0.263 e. The molecular weight excluding hydrogens is 738 g/mol. The number of hydrogen-bond acceptors (Lipinski definition) is 9. The zero-order chi connectivity index (χ0) is 38.0. The van der Waals surface area contributed by atoms with Gasteiger partial charge in [-0.1, -0.05) is 62.0 Å². The number of halogens is 1. The number of nitrogens with zero attached hydrogens (tertiary/aromatic N) is 4. The van der Waals surface area contributed by atoms with E-state index in [-0.39, 0.29) is 23.0 Å². The summed E-state index contributed by atoms with van der Waals surface area (Å²) in [6, 6.07) is 12.5. The fraction of sp³-hybridized carbons (Fsp3) is 0.643. The van der Waals surface area contributed by atoms with Gasteiger partial charge in [-0.3, -0.25) is 19.3 Å². The molecule has 54 heavy (non-hydrogen) atoms. The highest BCUT2D eigenvalue weighted by molar-refractivity contribution is 7.96. The molecule has 9 nitrogen and oxygen atoms in total. The molecule has 5 aliphatic rings. The second-order valence-electron chi connectivity index (χ2n) is 16.3. The molecule has 1 saturated carbocycles. The van der Waals surface area contributed by atoms with Crippen LogP contribution in [0.3, 0.4) is 0 Å². The molecule has 8 atom stereocenters. The Labute approximate surface area is 335 Å². The molecule has 4 aliphatic heterocycles. The lowest BCUT2D eigenvalue weighted by Crippen LogP contribution is -2.64. The first-order chi connectivity index (χ1) is 26.1. The Bertz CT molecular complexity index is 1700. The van der Waals surface area contributed by atoms with Gasteiger partial charge in [-0.2, -0.15) is 0 Å². The van der Waals surface area contributed by atoms with Crippen molar-refractivity contribution >= 4 is 46.1 Å². The van der Waals surface area contributed by atoms with Crippen LogP contribution >= 0.6 is 23.5 Å². The number of aryl methyl sites for hydroxylation is 1. The Kier molecular flexibility index (Phi) is 13.0. The van der Waals surface area contributed by atoms with Crippen LogP contribution in [0.4, 0.5) is 5.69 Å². The van der Waals surface area contributed by atoms with Gasteiger partial charge in [0.2, 0.25) is 0 Å². The van der Waals surface area contributed by atoms with Crippen LogP contribution in [0.25, 0.3) is 0 Å². The molecule has 2 aromatic carbocycles. The van der Waals surface area contributed by atoms with Crippen LogP contribution in [0, 0.1) is 17.8 Å². The van der Waals surface area contributed by atoms with E-state index in [0.29, 0.717) is 30.0 Å². The zero-order valence-corrected chi connectivity index (χ0v) is 35.2. The number of nitrogens with one attached hydrogen (secondary N) is 1. The van der Waals surface area contributed by atoms with E-state index in [4.69, 9.17) is 21.1 Å². The Morgan fingerprint density at radius 2 is 1.89 bits per heavy atom. The van der Waals surface area contributed by atoms with Gasteiger partial charge in [-0.05, 0) is 98.1 Å². The third-order valence-corrected chi connectivity index (χ3v) is 15.7. The number of benzene rings is 2. The molecular formula is C42H60ClN5O4S2. The van der Waals surface area contributed by atoms with Gasteiger partial charge < -0.3 is 14.4 Å². The second kappa shape index (κ2) is 17.6. The van der Waals surface area contributed by atoms with Crippen molar-refractivity contribution in [3.63, 3.8) is 0 Å². The topological polar surface area (TPSA) is 77.6 Å².